The molecule has 5 rings (SSSR count). The highest BCUT2D eigenvalue weighted by Crippen LogP contribution is 2.40. The maximum Gasteiger partial charge on any atom is 0.0495 e. The Morgan fingerprint density at radius 3 is 2.48 bits per heavy atom. The molecule has 0 saturated carbocycles. The van der Waals surface area contributed by atoms with Crippen molar-refractivity contribution in [3.8, 4) is 11.1 Å². The molecule has 4 aromatic rings. The highest BCUT2D eigenvalue weighted by Gasteiger charge is 2.20. The van der Waals surface area contributed by atoms with E-state index in [1.54, 1.807) is 0 Å². The summed E-state index contributed by atoms with van der Waals surface area (Å²) in [6.45, 7) is 0. The number of para-hydroxylation sites is 1. The van der Waals surface area contributed by atoms with Gasteiger partial charge in [-0.1, -0.05) is 42.5 Å². The molecule has 0 N–H and O–H groups in total. The van der Waals surface area contributed by atoms with Crippen LogP contribution in [0.5, 0.6) is 0 Å². The van der Waals surface area contributed by atoms with Gasteiger partial charge in [-0.25, -0.2) is 0 Å². The van der Waals surface area contributed by atoms with Gasteiger partial charge < -0.3 is 4.57 Å². The summed E-state index contributed by atoms with van der Waals surface area (Å²) in [5.74, 6) is 0. The Balaban J connectivity index is 1.93. The van der Waals surface area contributed by atoms with E-state index in [2.05, 4.69) is 72.3 Å². The molecule has 0 aliphatic heterocycles. The van der Waals surface area contributed by atoms with E-state index < -0.39 is 0 Å². The highest BCUT2D eigenvalue weighted by atomic mass is 14.9. The molecular weight excluding hydrogens is 254 g/mol. The minimum Gasteiger partial charge on any atom is -0.344 e. The molecule has 1 heterocycles. The van der Waals surface area contributed by atoms with Crippen molar-refractivity contribution in [2.45, 2.75) is 6.42 Å². The zero-order chi connectivity index (χ0) is 14.0. The van der Waals surface area contributed by atoms with E-state index in [0.717, 1.165) is 6.42 Å². The third-order valence-electron chi connectivity index (χ3n) is 4.83. The van der Waals surface area contributed by atoms with Crippen LogP contribution in [-0.2, 0) is 13.5 Å². The Hall–Kier alpha value is -2.54. The quantitative estimate of drug-likeness (QED) is 0.377. The maximum absolute atomic E-state index is 2.40. The summed E-state index contributed by atoms with van der Waals surface area (Å²) in [6.07, 6.45) is 1.06. The van der Waals surface area contributed by atoms with E-state index in [4.69, 9.17) is 0 Å². The van der Waals surface area contributed by atoms with Crippen LogP contribution in [0.2, 0.25) is 0 Å². The second-order valence-corrected chi connectivity index (χ2v) is 5.94. The van der Waals surface area contributed by atoms with Crippen molar-refractivity contribution in [2.75, 3.05) is 0 Å². The van der Waals surface area contributed by atoms with E-state index in [0.29, 0.717) is 0 Å². The minimum atomic E-state index is 1.06. The molecule has 0 bridgehead atoms. The lowest BCUT2D eigenvalue weighted by Gasteiger charge is -2.03. The van der Waals surface area contributed by atoms with Crippen LogP contribution < -0.4 is 0 Å². The van der Waals surface area contributed by atoms with Gasteiger partial charge in [0, 0.05) is 28.9 Å². The summed E-state index contributed by atoms with van der Waals surface area (Å²) < 4.78 is 2.31. The molecule has 1 aliphatic rings. The molecule has 0 saturated heterocycles. The molecule has 0 spiro atoms. The first kappa shape index (κ1) is 11.2. The maximum atomic E-state index is 2.40. The molecule has 1 heteroatoms. The van der Waals surface area contributed by atoms with Gasteiger partial charge in [-0.05, 0) is 46.9 Å². The molecule has 0 fully saturated rings. The molecule has 0 atom stereocenters. The van der Waals surface area contributed by atoms with Gasteiger partial charge in [-0.15, -0.1) is 0 Å². The number of hydrogen-bond acceptors (Lipinski definition) is 0. The standard InChI is InChI=1S/C20H15N/c1-21-19-9-5-4-8-16(19)18-11-14-10-13-6-2-3-7-15(13)17(14)12-20(18)21/h2-9,11-12H,10H2,1H3. The Labute approximate surface area is 123 Å². The molecule has 21 heavy (non-hydrogen) atoms. The third kappa shape index (κ3) is 1.36. The van der Waals surface area contributed by atoms with E-state index in [9.17, 15) is 0 Å². The van der Waals surface area contributed by atoms with E-state index in [1.165, 1.54) is 44.1 Å². The van der Waals surface area contributed by atoms with Crippen molar-refractivity contribution in [3.63, 3.8) is 0 Å². The second kappa shape index (κ2) is 3.76. The molecule has 0 radical (unpaired) electrons. The third-order valence-corrected chi connectivity index (χ3v) is 4.83. The zero-order valence-electron chi connectivity index (χ0n) is 11.9. The molecular formula is C20H15N. The first-order chi connectivity index (χ1) is 10.3. The second-order valence-electron chi connectivity index (χ2n) is 5.94. The summed E-state index contributed by atoms with van der Waals surface area (Å²) in [5.41, 5.74) is 8.35. The highest BCUT2D eigenvalue weighted by molar-refractivity contribution is 6.09. The number of fused-ring (bicyclic) bond motifs is 6. The number of aryl methyl sites for hydroxylation is 1. The van der Waals surface area contributed by atoms with Crippen molar-refractivity contribution in [1.29, 1.82) is 0 Å². The Bertz CT molecular complexity index is 1020. The predicted octanol–water partition coefficient (Wildman–Crippen LogP) is 4.90. The van der Waals surface area contributed by atoms with Crippen molar-refractivity contribution >= 4 is 21.8 Å². The number of benzene rings is 3. The van der Waals surface area contributed by atoms with Crippen LogP contribution in [0, 0.1) is 0 Å². The average molecular weight is 269 g/mol. The normalized spacial score (nSPS) is 12.8. The number of nitrogens with zero attached hydrogens (tertiary/aromatic N) is 1. The summed E-state index contributed by atoms with van der Waals surface area (Å²) in [5, 5.41) is 2.73. The first-order valence-electron chi connectivity index (χ1n) is 7.41. The van der Waals surface area contributed by atoms with Gasteiger partial charge in [-0.3, -0.25) is 0 Å². The summed E-state index contributed by atoms with van der Waals surface area (Å²) in [6, 6.07) is 22.2. The smallest absolute Gasteiger partial charge is 0.0495 e. The summed E-state index contributed by atoms with van der Waals surface area (Å²) >= 11 is 0. The molecule has 0 amide bonds. The van der Waals surface area contributed by atoms with Gasteiger partial charge in [-0.2, -0.15) is 0 Å². The lowest BCUT2D eigenvalue weighted by atomic mass is 10.0. The molecule has 1 nitrogen and oxygen atoms in total. The van der Waals surface area contributed by atoms with Gasteiger partial charge in [0.2, 0.25) is 0 Å². The molecule has 100 valence electrons. The number of hydrogen-bond donors (Lipinski definition) is 0. The molecule has 3 aromatic carbocycles. The van der Waals surface area contributed by atoms with Crippen LogP contribution >= 0.6 is 0 Å². The monoisotopic (exact) mass is 269 g/mol. The fraction of sp³-hybridized carbons (Fsp3) is 0.100. The van der Waals surface area contributed by atoms with Crippen LogP contribution in [0.1, 0.15) is 11.1 Å². The molecule has 1 aliphatic carbocycles. The zero-order valence-corrected chi connectivity index (χ0v) is 11.9. The van der Waals surface area contributed by atoms with Crippen molar-refractivity contribution in [1.82, 2.24) is 4.57 Å². The molecule has 0 unspecified atom stereocenters. The average Bonchev–Trinajstić information content (AvgIpc) is 3.02. The number of aromatic nitrogens is 1. The number of rotatable bonds is 0. The lowest BCUT2D eigenvalue weighted by Crippen LogP contribution is -1.87. The van der Waals surface area contributed by atoms with E-state index >= 15 is 0 Å². The minimum absolute atomic E-state index is 1.06. The van der Waals surface area contributed by atoms with Crippen LogP contribution in [0.3, 0.4) is 0 Å². The Morgan fingerprint density at radius 1 is 0.714 bits per heavy atom. The van der Waals surface area contributed by atoms with Crippen molar-refractivity contribution in [2.24, 2.45) is 7.05 Å². The van der Waals surface area contributed by atoms with Gasteiger partial charge >= 0.3 is 0 Å². The van der Waals surface area contributed by atoms with Crippen LogP contribution in [0.25, 0.3) is 32.9 Å². The Morgan fingerprint density at radius 2 is 1.52 bits per heavy atom. The van der Waals surface area contributed by atoms with Crippen LogP contribution in [0.4, 0.5) is 0 Å². The largest absolute Gasteiger partial charge is 0.344 e. The van der Waals surface area contributed by atoms with Crippen LogP contribution in [0.15, 0.2) is 60.7 Å². The Kier molecular flexibility index (Phi) is 2.00. The van der Waals surface area contributed by atoms with Gasteiger partial charge in [0.15, 0.2) is 0 Å². The topological polar surface area (TPSA) is 4.93 Å². The summed E-state index contributed by atoms with van der Waals surface area (Å²) in [4.78, 5) is 0. The fourth-order valence-corrected chi connectivity index (χ4v) is 3.79. The van der Waals surface area contributed by atoms with Crippen molar-refractivity contribution in [3.05, 3.63) is 71.8 Å². The predicted molar refractivity (Wildman–Crippen MR) is 88.7 cm³/mol. The first-order valence-corrected chi connectivity index (χ1v) is 7.41. The van der Waals surface area contributed by atoms with Crippen LogP contribution in [-0.4, -0.2) is 4.57 Å². The fourth-order valence-electron chi connectivity index (χ4n) is 3.79. The summed E-state index contributed by atoms with van der Waals surface area (Å²) in [7, 11) is 2.16. The van der Waals surface area contributed by atoms with Gasteiger partial charge in [0.05, 0.1) is 0 Å². The SMILES string of the molecule is Cn1c2ccccc2c2cc3c(cc21)-c1ccccc1C3. The molecule has 1 aromatic heterocycles. The van der Waals surface area contributed by atoms with Crippen molar-refractivity contribution < 1.29 is 0 Å². The van der Waals surface area contributed by atoms with E-state index in [1.807, 2.05) is 0 Å². The van der Waals surface area contributed by atoms with E-state index in [-0.39, 0.29) is 0 Å². The lowest BCUT2D eigenvalue weighted by molar-refractivity contribution is 1.01. The van der Waals surface area contributed by atoms with Gasteiger partial charge in [0.1, 0.15) is 0 Å². The van der Waals surface area contributed by atoms with Gasteiger partial charge in [0.25, 0.3) is 0 Å².